The summed E-state index contributed by atoms with van der Waals surface area (Å²) in [6.45, 7) is 0. The van der Waals surface area contributed by atoms with Crippen LogP contribution in [-0.2, 0) is 12.8 Å². The Morgan fingerprint density at radius 1 is 1.05 bits per heavy atom. The van der Waals surface area contributed by atoms with Crippen LogP contribution < -0.4 is 0 Å². The zero-order valence-electron chi connectivity index (χ0n) is 10.4. The van der Waals surface area contributed by atoms with Crippen LogP contribution >= 0.6 is 39.1 Å². The van der Waals surface area contributed by atoms with E-state index in [4.69, 9.17) is 23.2 Å². The summed E-state index contributed by atoms with van der Waals surface area (Å²) in [5.41, 5.74) is 1.27. The van der Waals surface area contributed by atoms with Crippen molar-refractivity contribution in [1.29, 1.82) is 0 Å². The molecule has 5 heteroatoms. The van der Waals surface area contributed by atoms with E-state index in [1.165, 1.54) is 6.07 Å². The third-order valence-corrected chi connectivity index (χ3v) is 4.02. The van der Waals surface area contributed by atoms with Crippen LogP contribution in [0.1, 0.15) is 11.1 Å². The Morgan fingerprint density at radius 3 is 2.35 bits per heavy atom. The average molecular weight is 378 g/mol. The minimum absolute atomic E-state index is 0.234. The van der Waals surface area contributed by atoms with E-state index in [-0.39, 0.29) is 12.2 Å². The van der Waals surface area contributed by atoms with Crippen LogP contribution in [0.5, 0.6) is 0 Å². The number of hydrogen-bond acceptors (Lipinski definition) is 1. The Bertz CT molecular complexity index is 565. The Morgan fingerprint density at radius 2 is 1.70 bits per heavy atom. The van der Waals surface area contributed by atoms with Crippen LogP contribution in [0.15, 0.2) is 40.9 Å². The van der Waals surface area contributed by atoms with Gasteiger partial charge >= 0.3 is 0 Å². The Labute approximate surface area is 135 Å². The molecule has 20 heavy (non-hydrogen) atoms. The molecule has 2 rings (SSSR count). The Balaban J connectivity index is 2.07. The molecule has 1 nitrogen and oxygen atoms in total. The summed E-state index contributed by atoms with van der Waals surface area (Å²) in [5, 5.41) is 11.1. The van der Waals surface area contributed by atoms with Gasteiger partial charge in [0, 0.05) is 27.4 Å². The van der Waals surface area contributed by atoms with Crippen LogP contribution in [-0.4, -0.2) is 11.2 Å². The average Bonchev–Trinajstić information content (AvgIpc) is 2.36. The molecule has 0 amide bonds. The molecule has 0 spiro atoms. The predicted octanol–water partition coefficient (Wildman–Crippen LogP) is 5.04. The fourth-order valence-electron chi connectivity index (χ4n) is 1.95. The van der Waals surface area contributed by atoms with Crippen molar-refractivity contribution in [3.05, 3.63) is 67.9 Å². The maximum atomic E-state index is 13.7. The molecular formula is C15H12BrCl2FO. The highest BCUT2D eigenvalue weighted by Gasteiger charge is 2.12. The van der Waals surface area contributed by atoms with Crippen molar-refractivity contribution in [2.24, 2.45) is 0 Å². The first kappa shape index (κ1) is 15.8. The highest BCUT2D eigenvalue weighted by Crippen LogP contribution is 2.23. The topological polar surface area (TPSA) is 20.2 Å². The largest absolute Gasteiger partial charge is 0.392 e. The van der Waals surface area contributed by atoms with Crippen LogP contribution in [0.2, 0.25) is 10.0 Å². The van der Waals surface area contributed by atoms with Crippen LogP contribution in [0.4, 0.5) is 4.39 Å². The summed E-state index contributed by atoms with van der Waals surface area (Å²) in [6, 6.07) is 9.91. The molecular weight excluding hydrogens is 366 g/mol. The molecule has 1 atom stereocenters. The molecule has 0 saturated carbocycles. The molecule has 0 fully saturated rings. The van der Waals surface area contributed by atoms with E-state index in [1.54, 1.807) is 30.3 Å². The third-order valence-electron chi connectivity index (χ3n) is 2.94. The van der Waals surface area contributed by atoms with Crippen molar-refractivity contribution in [3.8, 4) is 0 Å². The standard InChI is InChI=1S/C15H12BrCl2FO/c16-11-3-1-10(15(19)7-11)6-13(20)5-9-2-4-12(17)8-14(9)18/h1-4,7-8,13,20H,5-6H2. The van der Waals surface area contributed by atoms with Gasteiger partial charge in [0.05, 0.1) is 6.10 Å². The summed E-state index contributed by atoms with van der Waals surface area (Å²) in [5.74, 6) is -0.333. The van der Waals surface area contributed by atoms with E-state index < -0.39 is 6.10 Å². The van der Waals surface area contributed by atoms with E-state index in [0.29, 0.717) is 26.5 Å². The van der Waals surface area contributed by atoms with Crippen LogP contribution in [0, 0.1) is 5.82 Å². The molecule has 1 N–H and O–H groups in total. The van der Waals surface area contributed by atoms with Crippen LogP contribution in [0.3, 0.4) is 0 Å². The number of rotatable bonds is 4. The first-order valence-electron chi connectivity index (χ1n) is 6.01. The molecule has 106 valence electrons. The normalized spacial score (nSPS) is 12.4. The lowest BCUT2D eigenvalue weighted by atomic mass is 10.0. The maximum absolute atomic E-state index is 13.7. The first-order valence-corrected chi connectivity index (χ1v) is 7.56. The second-order valence-electron chi connectivity index (χ2n) is 4.53. The van der Waals surface area contributed by atoms with Crippen molar-refractivity contribution < 1.29 is 9.50 Å². The molecule has 0 aromatic heterocycles. The van der Waals surface area contributed by atoms with Crippen molar-refractivity contribution >= 4 is 39.1 Å². The molecule has 0 aliphatic rings. The Hall–Kier alpha value is -0.610. The van der Waals surface area contributed by atoms with Gasteiger partial charge < -0.3 is 5.11 Å². The minimum atomic E-state index is -0.704. The van der Waals surface area contributed by atoms with Gasteiger partial charge in [0.25, 0.3) is 0 Å². The number of aliphatic hydroxyl groups excluding tert-OH is 1. The maximum Gasteiger partial charge on any atom is 0.127 e. The molecule has 2 aromatic carbocycles. The van der Waals surface area contributed by atoms with E-state index in [0.717, 1.165) is 5.56 Å². The number of hydrogen-bond donors (Lipinski definition) is 1. The third kappa shape index (κ3) is 4.19. The fraction of sp³-hybridized carbons (Fsp3) is 0.200. The quantitative estimate of drug-likeness (QED) is 0.791. The molecule has 1 unspecified atom stereocenters. The number of halogens is 4. The predicted molar refractivity (Wildman–Crippen MR) is 84.0 cm³/mol. The lowest BCUT2D eigenvalue weighted by Gasteiger charge is -2.13. The van der Waals surface area contributed by atoms with Crippen molar-refractivity contribution in [2.75, 3.05) is 0 Å². The second kappa shape index (κ2) is 6.90. The monoisotopic (exact) mass is 376 g/mol. The van der Waals surface area contributed by atoms with Crippen molar-refractivity contribution in [1.82, 2.24) is 0 Å². The molecule has 0 radical (unpaired) electrons. The molecule has 0 heterocycles. The highest BCUT2D eigenvalue weighted by molar-refractivity contribution is 9.10. The number of aliphatic hydroxyl groups is 1. The van der Waals surface area contributed by atoms with Gasteiger partial charge in [-0.3, -0.25) is 0 Å². The van der Waals surface area contributed by atoms with E-state index in [2.05, 4.69) is 15.9 Å². The lowest BCUT2D eigenvalue weighted by molar-refractivity contribution is 0.174. The minimum Gasteiger partial charge on any atom is -0.392 e. The summed E-state index contributed by atoms with van der Waals surface area (Å²) >= 11 is 15.1. The molecule has 0 saturated heterocycles. The van der Waals surface area contributed by atoms with E-state index in [1.807, 2.05) is 0 Å². The Kier molecular flexibility index (Phi) is 5.44. The van der Waals surface area contributed by atoms with Gasteiger partial charge in [-0.1, -0.05) is 51.3 Å². The van der Waals surface area contributed by atoms with Crippen molar-refractivity contribution in [3.63, 3.8) is 0 Å². The van der Waals surface area contributed by atoms with Gasteiger partial charge in [0.2, 0.25) is 0 Å². The zero-order valence-corrected chi connectivity index (χ0v) is 13.5. The summed E-state index contributed by atoms with van der Waals surface area (Å²) in [6.07, 6.45) is -0.117. The molecule has 0 bridgehead atoms. The second-order valence-corrected chi connectivity index (χ2v) is 6.29. The van der Waals surface area contributed by atoms with E-state index in [9.17, 15) is 9.50 Å². The molecule has 0 aliphatic heterocycles. The smallest absolute Gasteiger partial charge is 0.127 e. The van der Waals surface area contributed by atoms with Gasteiger partial charge in [-0.2, -0.15) is 0 Å². The first-order chi connectivity index (χ1) is 9.45. The lowest BCUT2D eigenvalue weighted by Crippen LogP contribution is -2.15. The van der Waals surface area contributed by atoms with Gasteiger partial charge in [-0.15, -0.1) is 0 Å². The summed E-state index contributed by atoms with van der Waals surface area (Å²) in [4.78, 5) is 0. The number of benzene rings is 2. The van der Waals surface area contributed by atoms with E-state index >= 15 is 0 Å². The SMILES string of the molecule is OC(Cc1ccc(Br)cc1F)Cc1ccc(Cl)cc1Cl. The van der Waals surface area contributed by atoms with Crippen LogP contribution in [0.25, 0.3) is 0 Å². The van der Waals surface area contributed by atoms with Gasteiger partial charge in [0.15, 0.2) is 0 Å². The summed E-state index contributed by atoms with van der Waals surface area (Å²) in [7, 11) is 0. The fourth-order valence-corrected chi connectivity index (χ4v) is 2.77. The molecule has 2 aromatic rings. The van der Waals surface area contributed by atoms with Gasteiger partial charge in [0.1, 0.15) is 5.82 Å². The van der Waals surface area contributed by atoms with Crippen molar-refractivity contribution in [2.45, 2.75) is 18.9 Å². The summed E-state index contributed by atoms with van der Waals surface area (Å²) < 4.78 is 14.4. The van der Waals surface area contributed by atoms with Gasteiger partial charge in [-0.05, 0) is 35.4 Å². The molecule has 0 aliphatic carbocycles. The zero-order chi connectivity index (χ0) is 14.7. The van der Waals surface area contributed by atoms with Gasteiger partial charge in [-0.25, -0.2) is 4.39 Å². The highest BCUT2D eigenvalue weighted by atomic mass is 79.9.